The van der Waals surface area contributed by atoms with Gasteiger partial charge in [0.1, 0.15) is 9.77 Å². The number of terminal acetylenes is 1. The summed E-state index contributed by atoms with van der Waals surface area (Å²) in [5.74, 6) is 1.10. The van der Waals surface area contributed by atoms with E-state index in [4.69, 9.17) is 11.5 Å². The first kappa shape index (κ1) is 15.2. The van der Waals surface area contributed by atoms with Gasteiger partial charge in [0.25, 0.3) is 0 Å². The van der Waals surface area contributed by atoms with Crippen LogP contribution < -0.4 is 0 Å². The van der Waals surface area contributed by atoms with Gasteiger partial charge in [-0.25, -0.2) is 13.2 Å². The molecule has 0 bridgehead atoms. The number of thiophene rings is 1. The zero-order chi connectivity index (χ0) is 13.9. The number of sulfonamides is 1. The molecule has 0 saturated heterocycles. The molecule has 0 spiro atoms. The Morgan fingerprint density at radius 3 is 2.67 bits per heavy atom. The molecular weight excluding hydrogens is 342 g/mol. The van der Waals surface area contributed by atoms with Crippen LogP contribution in [-0.4, -0.2) is 36.9 Å². The summed E-state index contributed by atoms with van der Waals surface area (Å²) < 4.78 is 25.8. The highest BCUT2D eigenvalue weighted by Crippen LogP contribution is 2.33. The zero-order valence-electron chi connectivity index (χ0n) is 9.38. The van der Waals surface area contributed by atoms with Crippen molar-refractivity contribution in [3.05, 3.63) is 14.7 Å². The quantitative estimate of drug-likeness (QED) is 0.821. The molecule has 1 aromatic rings. The van der Waals surface area contributed by atoms with Crippen molar-refractivity contribution < 1.29 is 18.3 Å². The van der Waals surface area contributed by atoms with E-state index in [1.807, 2.05) is 0 Å². The lowest BCUT2D eigenvalue weighted by Gasteiger charge is -2.17. The van der Waals surface area contributed by atoms with E-state index in [9.17, 15) is 13.2 Å². The van der Waals surface area contributed by atoms with Crippen LogP contribution in [0.25, 0.3) is 0 Å². The Labute approximate surface area is 118 Å². The predicted molar refractivity (Wildman–Crippen MR) is 72.2 cm³/mol. The molecule has 0 amide bonds. The highest BCUT2D eigenvalue weighted by molar-refractivity contribution is 9.11. The van der Waals surface area contributed by atoms with E-state index in [2.05, 4.69) is 21.9 Å². The van der Waals surface area contributed by atoms with E-state index in [0.29, 0.717) is 0 Å². The van der Waals surface area contributed by atoms with E-state index in [1.165, 1.54) is 0 Å². The molecule has 0 aromatic carbocycles. The average Bonchev–Trinajstić information content (AvgIpc) is 2.68. The van der Waals surface area contributed by atoms with Crippen molar-refractivity contribution in [3.63, 3.8) is 0 Å². The fraction of sp³-hybridized carbons (Fsp3) is 0.300. The lowest BCUT2D eigenvalue weighted by Crippen LogP contribution is -2.31. The second kappa shape index (κ2) is 5.84. The molecule has 1 heterocycles. The molecule has 0 saturated carbocycles. The Hall–Kier alpha value is -0.880. The van der Waals surface area contributed by atoms with Crippen molar-refractivity contribution in [2.24, 2.45) is 0 Å². The summed E-state index contributed by atoms with van der Waals surface area (Å²) in [4.78, 5) is 10.7. The molecule has 0 aliphatic heterocycles. The third kappa shape index (κ3) is 2.92. The van der Waals surface area contributed by atoms with Gasteiger partial charge in [-0.1, -0.05) is 12.8 Å². The number of carboxylic acids is 1. The van der Waals surface area contributed by atoms with Crippen molar-refractivity contribution in [2.75, 3.05) is 13.1 Å². The van der Waals surface area contributed by atoms with Crippen molar-refractivity contribution in [3.8, 4) is 12.3 Å². The van der Waals surface area contributed by atoms with Gasteiger partial charge in [-0.05, 0) is 22.0 Å². The number of rotatable bonds is 5. The van der Waals surface area contributed by atoms with Crippen LogP contribution in [0.4, 0.5) is 0 Å². The number of halogens is 1. The van der Waals surface area contributed by atoms with Crippen molar-refractivity contribution >= 4 is 43.3 Å². The fourth-order valence-corrected chi connectivity index (χ4v) is 4.96. The molecular formula is C10H10BrNO4S2. The summed E-state index contributed by atoms with van der Waals surface area (Å²) >= 11 is 3.92. The maximum absolute atomic E-state index is 12.2. The Morgan fingerprint density at radius 2 is 2.28 bits per heavy atom. The molecule has 0 unspecified atom stereocenters. The smallest absolute Gasteiger partial charge is 0.345 e. The molecule has 1 N–H and O–H groups in total. The maximum atomic E-state index is 12.2. The van der Waals surface area contributed by atoms with Gasteiger partial charge in [0.15, 0.2) is 0 Å². The molecule has 18 heavy (non-hydrogen) atoms. The average molecular weight is 352 g/mol. The van der Waals surface area contributed by atoms with Crippen LogP contribution in [0.2, 0.25) is 0 Å². The molecule has 8 heteroatoms. The fourth-order valence-electron chi connectivity index (χ4n) is 1.24. The normalized spacial score (nSPS) is 11.4. The predicted octanol–water partition coefficient (Wildman–Crippen LogP) is 1.85. The number of nitrogens with zero attached hydrogens (tertiary/aromatic N) is 1. The summed E-state index contributed by atoms with van der Waals surface area (Å²) in [5, 5.41) is 8.84. The molecule has 0 fully saturated rings. The standard InChI is InChI=1S/C10H10BrNO4S2/c1-3-5-12(4-2)18(15,16)8-6-7(10(13)14)17-9(8)11/h1,6H,4-5H2,2H3,(H,13,14). The zero-order valence-corrected chi connectivity index (χ0v) is 12.6. The summed E-state index contributed by atoms with van der Waals surface area (Å²) in [7, 11) is -3.77. The van der Waals surface area contributed by atoms with Gasteiger partial charge in [-0.15, -0.1) is 17.8 Å². The highest BCUT2D eigenvalue weighted by atomic mass is 79.9. The topological polar surface area (TPSA) is 74.7 Å². The van der Waals surface area contributed by atoms with Gasteiger partial charge in [-0.2, -0.15) is 4.31 Å². The minimum Gasteiger partial charge on any atom is -0.477 e. The monoisotopic (exact) mass is 351 g/mol. The van der Waals surface area contributed by atoms with E-state index >= 15 is 0 Å². The first-order valence-electron chi connectivity index (χ1n) is 4.80. The lowest BCUT2D eigenvalue weighted by molar-refractivity contribution is 0.0702. The molecule has 0 radical (unpaired) electrons. The van der Waals surface area contributed by atoms with Gasteiger partial charge in [0, 0.05) is 6.54 Å². The van der Waals surface area contributed by atoms with E-state index < -0.39 is 16.0 Å². The Bertz CT molecular complexity index is 600. The second-order valence-electron chi connectivity index (χ2n) is 3.19. The first-order valence-corrected chi connectivity index (χ1v) is 7.85. The number of hydrogen-bond acceptors (Lipinski definition) is 4. The summed E-state index contributed by atoms with van der Waals surface area (Å²) in [6, 6.07) is 1.13. The Morgan fingerprint density at radius 1 is 1.67 bits per heavy atom. The lowest BCUT2D eigenvalue weighted by atomic mass is 10.5. The van der Waals surface area contributed by atoms with Gasteiger partial charge in [0.05, 0.1) is 10.3 Å². The minimum atomic E-state index is -3.77. The number of hydrogen-bond donors (Lipinski definition) is 1. The third-order valence-electron chi connectivity index (χ3n) is 2.10. The van der Waals surface area contributed by atoms with Crippen molar-refractivity contribution in [1.29, 1.82) is 0 Å². The molecule has 0 aliphatic carbocycles. The highest BCUT2D eigenvalue weighted by Gasteiger charge is 2.28. The van der Waals surface area contributed by atoms with Crippen LogP contribution >= 0.6 is 27.3 Å². The SMILES string of the molecule is C#CCN(CC)S(=O)(=O)c1cc(C(=O)O)sc1Br. The minimum absolute atomic E-state index is 0.0442. The van der Waals surface area contributed by atoms with Gasteiger partial charge in [-0.3, -0.25) is 0 Å². The molecule has 1 aromatic heterocycles. The largest absolute Gasteiger partial charge is 0.477 e. The third-order valence-corrected chi connectivity index (χ3v) is 6.27. The Balaban J connectivity index is 3.28. The van der Waals surface area contributed by atoms with E-state index in [1.54, 1.807) is 6.92 Å². The number of aromatic carboxylic acids is 1. The van der Waals surface area contributed by atoms with Crippen LogP contribution in [0.5, 0.6) is 0 Å². The van der Waals surface area contributed by atoms with Gasteiger partial charge >= 0.3 is 5.97 Å². The molecule has 0 aliphatic rings. The summed E-state index contributed by atoms with van der Waals surface area (Å²) in [5.41, 5.74) is 0. The number of carboxylic acid groups (broad SMARTS) is 1. The summed E-state index contributed by atoms with van der Waals surface area (Å²) in [6.07, 6.45) is 5.11. The van der Waals surface area contributed by atoms with Crippen LogP contribution in [0.3, 0.4) is 0 Å². The number of carbonyl (C=O) groups is 1. The second-order valence-corrected chi connectivity index (χ2v) is 7.47. The van der Waals surface area contributed by atoms with E-state index in [0.717, 1.165) is 21.7 Å². The van der Waals surface area contributed by atoms with Crippen molar-refractivity contribution in [2.45, 2.75) is 11.8 Å². The van der Waals surface area contributed by atoms with Crippen molar-refractivity contribution in [1.82, 2.24) is 4.31 Å². The summed E-state index contributed by atoms with van der Waals surface area (Å²) in [6.45, 7) is 1.83. The van der Waals surface area contributed by atoms with Gasteiger partial charge in [0.2, 0.25) is 10.0 Å². The molecule has 5 nitrogen and oxygen atoms in total. The molecule has 0 atom stereocenters. The van der Waals surface area contributed by atoms with Crippen LogP contribution in [-0.2, 0) is 10.0 Å². The van der Waals surface area contributed by atoms with Crippen LogP contribution in [0, 0.1) is 12.3 Å². The van der Waals surface area contributed by atoms with Gasteiger partial charge < -0.3 is 5.11 Å². The van der Waals surface area contributed by atoms with Crippen LogP contribution in [0.15, 0.2) is 14.7 Å². The van der Waals surface area contributed by atoms with E-state index in [-0.39, 0.29) is 26.6 Å². The Kier molecular flexibility index (Phi) is 4.92. The molecule has 1 rings (SSSR count). The van der Waals surface area contributed by atoms with Crippen LogP contribution in [0.1, 0.15) is 16.6 Å². The molecule has 98 valence electrons. The first-order chi connectivity index (χ1) is 8.34. The maximum Gasteiger partial charge on any atom is 0.345 e.